The molecule has 0 aliphatic heterocycles. The van der Waals surface area contributed by atoms with Gasteiger partial charge in [0.1, 0.15) is 12.4 Å². The van der Waals surface area contributed by atoms with Crippen molar-refractivity contribution in [1.29, 1.82) is 0 Å². The first-order valence-electron chi connectivity index (χ1n) is 10.4. The van der Waals surface area contributed by atoms with Gasteiger partial charge in [-0.2, -0.15) is 5.10 Å². The molecule has 3 aromatic carbocycles. The van der Waals surface area contributed by atoms with E-state index in [1.165, 1.54) is 18.3 Å². The molecular weight excluding hydrogens is 461 g/mol. The van der Waals surface area contributed by atoms with Crippen molar-refractivity contribution >= 4 is 29.6 Å². The van der Waals surface area contributed by atoms with E-state index in [0.29, 0.717) is 29.2 Å². The van der Waals surface area contributed by atoms with E-state index in [4.69, 9.17) is 21.1 Å². The number of hydrogen-bond acceptors (Lipinski definition) is 5. The van der Waals surface area contributed by atoms with Gasteiger partial charge < -0.3 is 14.8 Å². The van der Waals surface area contributed by atoms with Gasteiger partial charge in [-0.1, -0.05) is 48.0 Å². The number of ether oxygens (including phenoxy) is 2. The lowest BCUT2D eigenvalue weighted by Gasteiger charge is -2.13. The largest absolute Gasteiger partial charge is 0.490 e. The molecule has 0 heterocycles. The van der Waals surface area contributed by atoms with E-state index in [1.807, 2.05) is 37.3 Å². The van der Waals surface area contributed by atoms with Crippen molar-refractivity contribution in [2.45, 2.75) is 20.1 Å². The monoisotopic (exact) mass is 483 g/mol. The first-order valence-corrected chi connectivity index (χ1v) is 10.8. The van der Waals surface area contributed by atoms with Crippen LogP contribution >= 0.6 is 11.6 Å². The second-order valence-corrected chi connectivity index (χ2v) is 7.44. The van der Waals surface area contributed by atoms with E-state index in [0.717, 1.165) is 5.56 Å². The molecule has 0 fully saturated rings. The Bertz CT molecular complexity index is 1170. The zero-order chi connectivity index (χ0) is 24.3. The zero-order valence-electron chi connectivity index (χ0n) is 18.4. The van der Waals surface area contributed by atoms with Crippen LogP contribution in [-0.4, -0.2) is 24.6 Å². The van der Waals surface area contributed by atoms with Gasteiger partial charge in [0.15, 0.2) is 11.5 Å². The second kappa shape index (κ2) is 12.4. The van der Waals surface area contributed by atoms with Gasteiger partial charge in [0, 0.05) is 12.1 Å². The van der Waals surface area contributed by atoms with Crippen LogP contribution in [0.15, 0.2) is 71.8 Å². The molecule has 2 N–H and O–H groups in total. The van der Waals surface area contributed by atoms with E-state index in [2.05, 4.69) is 15.8 Å². The Labute approximate surface area is 201 Å². The molecule has 3 rings (SSSR count). The Balaban J connectivity index is 1.57. The van der Waals surface area contributed by atoms with Crippen molar-refractivity contribution in [1.82, 2.24) is 10.7 Å². The van der Waals surface area contributed by atoms with Crippen LogP contribution in [-0.2, 0) is 22.7 Å². The number of carbonyl (C=O) groups excluding carboxylic acids is 2. The molecule has 0 atom stereocenters. The minimum absolute atomic E-state index is 0.126. The summed E-state index contributed by atoms with van der Waals surface area (Å²) in [5, 5.41) is 6.62. The highest BCUT2D eigenvalue weighted by Crippen LogP contribution is 2.29. The third kappa shape index (κ3) is 7.31. The van der Waals surface area contributed by atoms with Crippen LogP contribution < -0.4 is 20.2 Å². The van der Waals surface area contributed by atoms with Crippen LogP contribution in [0.3, 0.4) is 0 Å². The molecule has 7 nitrogen and oxygen atoms in total. The van der Waals surface area contributed by atoms with E-state index in [9.17, 15) is 14.0 Å². The summed E-state index contributed by atoms with van der Waals surface area (Å²) >= 11 is 6.05. The van der Waals surface area contributed by atoms with E-state index in [1.54, 1.807) is 24.3 Å². The lowest BCUT2D eigenvalue weighted by Crippen LogP contribution is -2.37. The summed E-state index contributed by atoms with van der Waals surface area (Å²) in [5.74, 6) is -1.18. The van der Waals surface area contributed by atoms with Gasteiger partial charge in [0.2, 0.25) is 0 Å². The van der Waals surface area contributed by atoms with Crippen LogP contribution in [0.4, 0.5) is 4.39 Å². The van der Waals surface area contributed by atoms with Gasteiger partial charge in [-0.25, -0.2) is 9.82 Å². The SMILES string of the molecule is CCOc1cc(/C=N/NC(=O)C(=O)NCc2ccccc2)ccc1OCc1ccc(F)cc1Cl. The lowest BCUT2D eigenvalue weighted by molar-refractivity contribution is -0.139. The van der Waals surface area contributed by atoms with Gasteiger partial charge in [-0.15, -0.1) is 0 Å². The molecule has 0 radical (unpaired) electrons. The Hall–Kier alpha value is -3.91. The minimum atomic E-state index is -0.881. The molecule has 0 aliphatic rings. The van der Waals surface area contributed by atoms with Crippen LogP contribution in [0.2, 0.25) is 5.02 Å². The predicted octanol–water partition coefficient (Wildman–Crippen LogP) is 4.22. The van der Waals surface area contributed by atoms with Crippen LogP contribution in [0, 0.1) is 5.82 Å². The Morgan fingerprint density at radius 2 is 1.79 bits per heavy atom. The number of hydrazone groups is 1. The Kier molecular flexibility index (Phi) is 8.99. The molecule has 176 valence electrons. The highest BCUT2D eigenvalue weighted by Gasteiger charge is 2.12. The summed E-state index contributed by atoms with van der Waals surface area (Å²) < 4.78 is 24.6. The van der Waals surface area contributed by atoms with Crippen LogP contribution in [0.1, 0.15) is 23.6 Å². The third-order valence-corrected chi connectivity index (χ3v) is 4.90. The second-order valence-electron chi connectivity index (χ2n) is 7.03. The number of rotatable bonds is 9. The van der Waals surface area contributed by atoms with Crippen LogP contribution in [0.25, 0.3) is 0 Å². The van der Waals surface area contributed by atoms with Crippen molar-refractivity contribution in [3.63, 3.8) is 0 Å². The van der Waals surface area contributed by atoms with Crippen molar-refractivity contribution in [2.75, 3.05) is 6.61 Å². The third-order valence-electron chi connectivity index (χ3n) is 4.55. The fraction of sp³-hybridized carbons (Fsp3) is 0.160. The smallest absolute Gasteiger partial charge is 0.329 e. The predicted molar refractivity (Wildman–Crippen MR) is 127 cm³/mol. The summed E-state index contributed by atoms with van der Waals surface area (Å²) in [6, 6.07) is 18.4. The summed E-state index contributed by atoms with van der Waals surface area (Å²) in [6.45, 7) is 2.59. The maximum Gasteiger partial charge on any atom is 0.329 e. The molecule has 9 heteroatoms. The van der Waals surface area contributed by atoms with Crippen molar-refractivity contribution in [3.05, 3.63) is 94.3 Å². The first kappa shape index (κ1) is 24.7. The molecule has 0 unspecified atom stereocenters. The van der Waals surface area contributed by atoms with Crippen molar-refractivity contribution in [2.24, 2.45) is 5.10 Å². The number of nitrogens with one attached hydrogen (secondary N) is 2. The van der Waals surface area contributed by atoms with Gasteiger partial charge >= 0.3 is 11.8 Å². The molecule has 0 saturated carbocycles. The fourth-order valence-electron chi connectivity index (χ4n) is 2.86. The quantitative estimate of drug-likeness (QED) is 0.271. The number of hydrogen-bond donors (Lipinski definition) is 2. The van der Waals surface area contributed by atoms with E-state index >= 15 is 0 Å². The number of nitrogens with zero attached hydrogens (tertiary/aromatic N) is 1. The molecule has 0 aliphatic carbocycles. The average molecular weight is 484 g/mol. The number of benzene rings is 3. The fourth-order valence-corrected chi connectivity index (χ4v) is 3.08. The molecule has 3 aromatic rings. The molecule has 0 aromatic heterocycles. The molecule has 2 amide bonds. The summed E-state index contributed by atoms with van der Waals surface area (Å²) in [7, 11) is 0. The maximum absolute atomic E-state index is 13.2. The Morgan fingerprint density at radius 1 is 1.00 bits per heavy atom. The average Bonchev–Trinajstić information content (AvgIpc) is 2.83. The standard InChI is InChI=1S/C25H23ClFN3O4/c1-2-33-23-12-18(8-11-22(23)34-16-19-9-10-20(27)13-21(19)26)15-29-30-25(32)24(31)28-14-17-6-4-3-5-7-17/h3-13,15H,2,14,16H2,1H3,(H,28,31)(H,30,32)/b29-15+. The summed E-state index contributed by atoms with van der Waals surface area (Å²) in [5.41, 5.74) is 4.31. The van der Waals surface area contributed by atoms with Crippen molar-refractivity contribution in [3.8, 4) is 11.5 Å². The number of amides is 2. The van der Waals surface area contributed by atoms with E-state index < -0.39 is 17.6 Å². The normalized spacial score (nSPS) is 10.7. The topological polar surface area (TPSA) is 89.0 Å². The highest BCUT2D eigenvalue weighted by molar-refractivity contribution is 6.35. The Morgan fingerprint density at radius 3 is 2.53 bits per heavy atom. The molecule has 0 saturated heterocycles. The minimum Gasteiger partial charge on any atom is -0.490 e. The summed E-state index contributed by atoms with van der Waals surface area (Å²) in [4.78, 5) is 23.8. The molecular formula is C25H23ClFN3O4. The first-order chi connectivity index (χ1) is 16.5. The number of carbonyl (C=O) groups is 2. The summed E-state index contributed by atoms with van der Waals surface area (Å²) in [6.07, 6.45) is 1.38. The highest BCUT2D eigenvalue weighted by atomic mass is 35.5. The number of halogens is 2. The van der Waals surface area contributed by atoms with Gasteiger partial charge in [0.25, 0.3) is 0 Å². The van der Waals surface area contributed by atoms with Gasteiger partial charge in [-0.05, 0) is 48.4 Å². The van der Waals surface area contributed by atoms with E-state index in [-0.39, 0.29) is 18.2 Å². The zero-order valence-corrected chi connectivity index (χ0v) is 19.1. The molecule has 0 spiro atoms. The van der Waals surface area contributed by atoms with Crippen LogP contribution in [0.5, 0.6) is 11.5 Å². The van der Waals surface area contributed by atoms with Crippen molar-refractivity contribution < 1.29 is 23.5 Å². The maximum atomic E-state index is 13.2. The van der Waals surface area contributed by atoms with Gasteiger partial charge in [0.05, 0.1) is 17.8 Å². The molecule has 34 heavy (non-hydrogen) atoms. The molecule has 0 bridgehead atoms. The van der Waals surface area contributed by atoms with Gasteiger partial charge in [-0.3, -0.25) is 9.59 Å². The lowest BCUT2D eigenvalue weighted by atomic mass is 10.2.